The number of pyridine rings is 1. The van der Waals surface area contributed by atoms with Crippen LogP contribution in [0.15, 0.2) is 140 Å². The molecule has 0 fully saturated rings. The van der Waals surface area contributed by atoms with Crippen molar-refractivity contribution < 1.29 is 0 Å². The number of aromatic nitrogens is 3. The van der Waals surface area contributed by atoms with E-state index >= 15 is 0 Å². The topological polar surface area (TPSA) is 22.8 Å². The molecule has 0 atom stereocenters. The van der Waals surface area contributed by atoms with E-state index in [9.17, 15) is 0 Å². The Kier molecular flexibility index (Phi) is 4.52. The molecule has 0 radical (unpaired) electrons. The first-order chi connectivity index (χ1) is 18.9. The highest BCUT2D eigenvalue weighted by molar-refractivity contribution is 6.13. The number of hydrogen-bond donors (Lipinski definition) is 0. The maximum atomic E-state index is 5.03. The molecule has 8 aromatic rings. The van der Waals surface area contributed by atoms with E-state index in [0.29, 0.717) is 0 Å². The van der Waals surface area contributed by atoms with Gasteiger partial charge in [-0.25, -0.2) is 4.98 Å². The molecule has 8 rings (SSSR count). The number of rotatable bonds is 3. The van der Waals surface area contributed by atoms with Crippen molar-refractivity contribution in [1.29, 1.82) is 0 Å². The van der Waals surface area contributed by atoms with Crippen LogP contribution in [0.2, 0.25) is 0 Å². The first-order valence-electron chi connectivity index (χ1n) is 12.9. The maximum Gasteiger partial charge on any atom is 0.145 e. The Morgan fingerprint density at radius 3 is 2.00 bits per heavy atom. The van der Waals surface area contributed by atoms with Crippen LogP contribution >= 0.6 is 0 Å². The molecule has 0 amide bonds. The Hall–Kier alpha value is -5.15. The molecule has 0 aliphatic carbocycles. The summed E-state index contributed by atoms with van der Waals surface area (Å²) in [7, 11) is 0. The summed E-state index contributed by atoms with van der Waals surface area (Å²) >= 11 is 0. The quantitative estimate of drug-likeness (QED) is 0.245. The molecular weight excluding hydrogens is 462 g/mol. The van der Waals surface area contributed by atoms with Crippen LogP contribution in [-0.2, 0) is 0 Å². The van der Waals surface area contributed by atoms with E-state index in [4.69, 9.17) is 4.98 Å². The molecule has 3 nitrogen and oxygen atoms in total. The fourth-order valence-corrected chi connectivity index (χ4v) is 5.85. The van der Waals surface area contributed by atoms with Crippen LogP contribution in [0, 0.1) is 0 Å². The monoisotopic (exact) mass is 485 g/mol. The van der Waals surface area contributed by atoms with Gasteiger partial charge in [-0.1, -0.05) is 91.0 Å². The smallest absolute Gasteiger partial charge is 0.145 e. The zero-order valence-electron chi connectivity index (χ0n) is 20.6. The van der Waals surface area contributed by atoms with Gasteiger partial charge in [0.2, 0.25) is 0 Å². The Morgan fingerprint density at radius 2 is 1.18 bits per heavy atom. The molecule has 3 heteroatoms. The van der Waals surface area contributed by atoms with Gasteiger partial charge in [0, 0.05) is 45.2 Å². The molecule has 0 spiro atoms. The van der Waals surface area contributed by atoms with Gasteiger partial charge in [0.05, 0.1) is 16.6 Å². The summed E-state index contributed by atoms with van der Waals surface area (Å²) in [4.78, 5) is 5.03. The van der Waals surface area contributed by atoms with Gasteiger partial charge < -0.3 is 9.13 Å². The predicted molar refractivity (Wildman–Crippen MR) is 158 cm³/mol. The Balaban J connectivity index is 1.41. The average molecular weight is 486 g/mol. The van der Waals surface area contributed by atoms with E-state index in [2.05, 4.69) is 143 Å². The van der Waals surface area contributed by atoms with Gasteiger partial charge in [-0.3, -0.25) is 0 Å². The van der Waals surface area contributed by atoms with Crippen molar-refractivity contribution >= 4 is 43.5 Å². The summed E-state index contributed by atoms with van der Waals surface area (Å²) in [5.74, 6) is 0.946. The fourth-order valence-electron chi connectivity index (χ4n) is 5.85. The van der Waals surface area contributed by atoms with Crippen molar-refractivity contribution in [2.75, 3.05) is 0 Å². The third-order valence-corrected chi connectivity index (χ3v) is 7.59. The zero-order valence-corrected chi connectivity index (χ0v) is 20.6. The van der Waals surface area contributed by atoms with Gasteiger partial charge in [-0.15, -0.1) is 0 Å². The highest BCUT2D eigenvalue weighted by Gasteiger charge is 2.16. The second kappa shape index (κ2) is 8.19. The summed E-state index contributed by atoms with van der Waals surface area (Å²) < 4.78 is 4.60. The maximum absolute atomic E-state index is 5.03. The highest BCUT2D eigenvalue weighted by Crippen LogP contribution is 2.37. The van der Waals surface area contributed by atoms with Crippen LogP contribution in [0.1, 0.15) is 0 Å². The van der Waals surface area contributed by atoms with E-state index in [1.165, 1.54) is 43.8 Å². The summed E-state index contributed by atoms with van der Waals surface area (Å²) in [6.45, 7) is 0. The molecular formula is C35H23N3. The lowest BCUT2D eigenvalue weighted by molar-refractivity contribution is 1.06. The third kappa shape index (κ3) is 3.06. The Morgan fingerprint density at radius 1 is 0.500 bits per heavy atom. The minimum absolute atomic E-state index is 0.946. The first-order valence-corrected chi connectivity index (χ1v) is 12.9. The molecule has 3 heterocycles. The lowest BCUT2D eigenvalue weighted by Crippen LogP contribution is -1.98. The number of para-hydroxylation sites is 2. The molecule has 38 heavy (non-hydrogen) atoms. The second-order valence-electron chi connectivity index (χ2n) is 9.71. The highest BCUT2D eigenvalue weighted by atomic mass is 15.1. The third-order valence-electron chi connectivity index (χ3n) is 7.59. The van der Waals surface area contributed by atoms with E-state index < -0.39 is 0 Å². The lowest BCUT2D eigenvalue weighted by atomic mass is 10.0. The summed E-state index contributed by atoms with van der Waals surface area (Å²) in [6, 6.07) is 45.2. The molecule has 5 aromatic carbocycles. The van der Waals surface area contributed by atoms with Crippen LogP contribution in [0.25, 0.3) is 66.1 Å². The van der Waals surface area contributed by atoms with Gasteiger partial charge in [-0.05, 0) is 47.3 Å². The van der Waals surface area contributed by atoms with Crippen molar-refractivity contribution in [1.82, 2.24) is 14.1 Å². The zero-order chi connectivity index (χ0) is 25.1. The van der Waals surface area contributed by atoms with Crippen LogP contribution in [0.5, 0.6) is 0 Å². The SMILES string of the molecule is c1ccc(-c2cnc(-n3ccc4cc5c(cc43)c3ccccc3n5-c3ccccc3)c3ccccc23)cc1. The molecule has 0 saturated carbocycles. The fraction of sp³-hybridized carbons (Fsp3) is 0. The minimum Gasteiger partial charge on any atom is -0.309 e. The van der Waals surface area contributed by atoms with Crippen LogP contribution in [0.3, 0.4) is 0 Å². The Labute approximate surface area is 219 Å². The number of fused-ring (bicyclic) bond motifs is 5. The summed E-state index contributed by atoms with van der Waals surface area (Å²) in [6.07, 6.45) is 4.16. The molecule has 0 aliphatic rings. The van der Waals surface area contributed by atoms with E-state index in [1.54, 1.807) is 0 Å². The minimum atomic E-state index is 0.946. The molecule has 0 saturated heterocycles. The molecule has 0 N–H and O–H groups in total. The van der Waals surface area contributed by atoms with Gasteiger partial charge in [-0.2, -0.15) is 0 Å². The Bertz CT molecular complexity index is 2120. The molecule has 0 aliphatic heterocycles. The number of hydrogen-bond acceptors (Lipinski definition) is 1. The van der Waals surface area contributed by atoms with Crippen LogP contribution < -0.4 is 0 Å². The summed E-state index contributed by atoms with van der Waals surface area (Å²) in [5.41, 5.74) is 7.06. The average Bonchev–Trinajstić information content (AvgIpc) is 3.55. The standard InChI is InChI=1S/C35H23N3/c1-3-11-24(12-4-1)31-23-36-35(29-17-8-7-15-27(29)31)37-20-19-25-21-34-30(22-33(25)37)28-16-9-10-18-32(28)38(34)26-13-5-2-6-14-26/h1-23H. The molecule has 178 valence electrons. The second-order valence-corrected chi connectivity index (χ2v) is 9.71. The largest absolute Gasteiger partial charge is 0.309 e. The van der Waals surface area contributed by atoms with Crippen LogP contribution in [-0.4, -0.2) is 14.1 Å². The van der Waals surface area contributed by atoms with Crippen molar-refractivity contribution in [3.8, 4) is 22.6 Å². The summed E-state index contributed by atoms with van der Waals surface area (Å²) in [5, 5.41) is 6.02. The van der Waals surface area contributed by atoms with Gasteiger partial charge in [0.1, 0.15) is 5.82 Å². The number of nitrogens with zero attached hydrogens (tertiary/aromatic N) is 3. The van der Waals surface area contributed by atoms with E-state index in [1.807, 2.05) is 6.20 Å². The van der Waals surface area contributed by atoms with Crippen molar-refractivity contribution in [3.05, 3.63) is 140 Å². The number of benzene rings is 5. The first kappa shape index (κ1) is 21.0. The van der Waals surface area contributed by atoms with Gasteiger partial charge >= 0.3 is 0 Å². The normalized spacial score (nSPS) is 11.7. The van der Waals surface area contributed by atoms with Crippen molar-refractivity contribution in [2.45, 2.75) is 0 Å². The van der Waals surface area contributed by atoms with Crippen molar-refractivity contribution in [3.63, 3.8) is 0 Å². The predicted octanol–water partition coefficient (Wildman–Crippen LogP) is 8.94. The van der Waals surface area contributed by atoms with E-state index in [-0.39, 0.29) is 0 Å². The molecule has 0 unspecified atom stereocenters. The van der Waals surface area contributed by atoms with Gasteiger partial charge in [0.25, 0.3) is 0 Å². The molecule has 3 aromatic heterocycles. The van der Waals surface area contributed by atoms with Crippen LogP contribution in [0.4, 0.5) is 0 Å². The van der Waals surface area contributed by atoms with Crippen molar-refractivity contribution in [2.24, 2.45) is 0 Å². The van der Waals surface area contributed by atoms with E-state index in [0.717, 1.165) is 22.3 Å². The lowest BCUT2D eigenvalue weighted by Gasteiger charge is -2.13. The molecule has 0 bridgehead atoms. The van der Waals surface area contributed by atoms with Gasteiger partial charge in [0.15, 0.2) is 0 Å².